The molecule has 248 valence electrons. The molecule has 1 heterocycles. The number of unbranched alkanes of at least 4 members (excludes halogenated alkanes) is 1. The van der Waals surface area contributed by atoms with Crippen molar-refractivity contribution in [3.8, 4) is 11.1 Å². The van der Waals surface area contributed by atoms with Crippen molar-refractivity contribution in [2.75, 3.05) is 19.8 Å². The van der Waals surface area contributed by atoms with Crippen LogP contribution in [0.15, 0.2) is 54.9 Å². The fourth-order valence-electron chi connectivity index (χ4n) is 5.39. The molecule has 0 radical (unpaired) electrons. The summed E-state index contributed by atoms with van der Waals surface area (Å²) in [7, 11) is 0. The van der Waals surface area contributed by atoms with Crippen LogP contribution in [-0.4, -0.2) is 69.0 Å². The van der Waals surface area contributed by atoms with Crippen LogP contribution in [0.5, 0.6) is 0 Å². The van der Waals surface area contributed by atoms with Gasteiger partial charge in [0.1, 0.15) is 30.6 Å². The lowest BCUT2D eigenvalue weighted by atomic mass is 9.98. The third-order valence-corrected chi connectivity index (χ3v) is 7.42. The van der Waals surface area contributed by atoms with Gasteiger partial charge in [0.15, 0.2) is 5.82 Å². The van der Waals surface area contributed by atoms with E-state index in [0.29, 0.717) is 19.4 Å². The van der Waals surface area contributed by atoms with E-state index in [1.165, 1.54) is 10.9 Å². The first-order valence-corrected chi connectivity index (χ1v) is 15.6. The molecule has 3 N–H and O–H groups in total. The fraction of sp³-hybridized carbons (Fsp3) is 0.500. The molecule has 0 fully saturated rings. The first kappa shape index (κ1) is 34.4. The minimum absolute atomic E-state index is 0.0256. The smallest absolute Gasteiger partial charge is 0.408 e. The van der Waals surface area contributed by atoms with E-state index in [-0.39, 0.29) is 31.4 Å². The zero-order valence-corrected chi connectivity index (χ0v) is 27.4. The SMILES string of the molecule is CC(C)(C)OCC(NC(=O)OC(C)(C)C)c1nncn1C(CCCCNC(=O)OCC1c2ccccc2-c2ccccc21)C(=O)O. The number of fused-ring (bicyclic) bond motifs is 3. The maximum atomic E-state index is 12.6. The molecular formula is C34H45N5O7. The molecule has 12 nitrogen and oxygen atoms in total. The van der Waals surface area contributed by atoms with Crippen molar-refractivity contribution in [3.05, 3.63) is 71.8 Å². The zero-order valence-electron chi connectivity index (χ0n) is 27.4. The molecule has 0 spiro atoms. The van der Waals surface area contributed by atoms with Crippen LogP contribution in [0.3, 0.4) is 0 Å². The molecule has 1 aliphatic carbocycles. The van der Waals surface area contributed by atoms with Crippen LogP contribution in [0.1, 0.15) is 95.8 Å². The van der Waals surface area contributed by atoms with E-state index < -0.39 is 41.4 Å². The molecule has 0 saturated carbocycles. The van der Waals surface area contributed by atoms with Gasteiger partial charge in [-0.15, -0.1) is 10.2 Å². The molecule has 0 aliphatic heterocycles. The van der Waals surface area contributed by atoms with Crippen molar-refractivity contribution in [1.82, 2.24) is 25.4 Å². The number of nitrogens with one attached hydrogen (secondary N) is 2. The normalized spacial score (nSPS) is 14.1. The summed E-state index contributed by atoms with van der Waals surface area (Å²) >= 11 is 0. The lowest BCUT2D eigenvalue weighted by Gasteiger charge is -2.27. The van der Waals surface area contributed by atoms with Gasteiger partial charge in [-0.25, -0.2) is 14.4 Å². The molecule has 3 aromatic rings. The van der Waals surface area contributed by atoms with Crippen LogP contribution >= 0.6 is 0 Å². The Kier molecular flexibility index (Phi) is 11.0. The van der Waals surface area contributed by atoms with Crippen molar-refractivity contribution in [1.29, 1.82) is 0 Å². The van der Waals surface area contributed by atoms with Gasteiger partial charge in [-0.1, -0.05) is 48.5 Å². The molecule has 2 aromatic carbocycles. The molecule has 1 aromatic heterocycles. The van der Waals surface area contributed by atoms with Crippen LogP contribution in [0.4, 0.5) is 9.59 Å². The van der Waals surface area contributed by atoms with Gasteiger partial charge in [0.25, 0.3) is 0 Å². The third kappa shape index (κ3) is 9.29. The average molecular weight is 636 g/mol. The van der Waals surface area contributed by atoms with Crippen molar-refractivity contribution < 1.29 is 33.7 Å². The number of rotatable bonds is 13. The summed E-state index contributed by atoms with van der Waals surface area (Å²) in [4.78, 5) is 37.5. The number of benzene rings is 2. The average Bonchev–Trinajstić information content (AvgIpc) is 3.57. The van der Waals surface area contributed by atoms with Crippen molar-refractivity contribution in [2.24, 2.45) is 0 Å². The minimum atomic E-state index is -1.07. The minimum Gasteiger partial charge on any atom is -0.480 e. The molecular weight excluding hydrogens is 590 g/mol. The number of nitrogens with zero attached hydrogens (tertiary/aromatic N) is 3. The van der Waals surface area contributed by atoms with Crippen LogP contribution in [0.25, 0.3) is 11.1 Å². The molecule has 1 aliphatic rings. The predicted molar refractivity (Wildman–Crippen MR) is 171 cm³/mol. The summed E-state index contributed by atoms with van der Waals surface area (Å²) in [6.07, 6.45) is 1.39. The van der Waals surface area contributed by atoms with E-state index >= 15 is 0 Å². The number of hydrogen-bond donors (Lipinski definition) is 3. The summed E-state index contributed by atoms with van der Waals surface area (Å²) in [5.41, 5.74) is 3.33. The number of aromatic nitrogens is 3. The van der Waals surface area contributed by atoms with Crippen molar-refractivity contribution >= 4 is 18.2 Å². The Morgan fingerprint density at radius 3 is 2.13 bits per heavy atom. The Bertz CT molecular complexity index is 1460. The number of alkyl carbamates (subject to hydrolysis) is 2. The number of carbonyl (C=O) groups excluding carboxylic acids is 2. The van der Waals surface area contributed by atoms with E-state index in [9.17, 15) is 19.5 Å². The van der Waals surface area contributed by atoms with Crippen molar-refractivity contribution in [3.63, 3.8) is 0 Å². The molecule has 0 saturated heterocycles. The van der Waals surface area contributed by atoms with Crippen molar-refractivity contribution in [2.45, 2.75) is 90.0 Å². The van der Waals surface area contributed by atoms with Gasteiger partial charge in [-0.3, -0.25) is 0 Å². The highest BCUT2D eigenvalue weighted by Crippen LogP contribution is 2.44. The predicted octanol–water partition coefficient (Wildman–Crippen LogP) is 5.99. The lowest BCUT2D eigenvalue weighted by Crippen LogP contribution is -2.39. The Morgan fingerprint density at radius 1 is 0.913 bits per heavy atom. The van der Waals surface area contributed by atoms with Gasteiger partial charge in [-0.2, -0.15) is 0 Å². The third-order valence-electron chi connectivity index (χ3n) is 7.42. The topological polar surface area (TPSA) is 154 Å². The first-order valence-electron chi connectivity index (χ1n) is 15.6. The van der Waals surface area contributed by atoms with Gasteiger partial charge in [-0.05, 0) is 83.1 Å². The summed E-state index contributed by atoms with van der Waals surface area (Å²) in [6, 6.07) is 14.5. The Hall–Kier alpha value is -4.45. The zero-order chi connectivity index (χ0) is 33.5. The van der Waals surface area contributed by atoms with E-state index in [1.54, 1.807) is 20.8 Å². The molecule has 2 atom stereocenters. The molecule has 2 amide bonds. The number of ether oxygens (including phenoxy) is 3. The number of carbonyl (C=O) groups is 3. The number of carboxylic acids is 1. The Balaban J connectivity index is 1.30. The van der Waals surface area contributed by atoms with Crippen LogP contribution in [-0.2, 0) is 19.0 Å². The molecule has 4 rings (SSSR count). The maximum Gasteiger partial charge on any atom is 0.408 e. The summed E-state index contributed by atoms with van der Waals surface area (Å²) in [6.45, 7) is 11.4. The second kappa shape index (κ2) is 14.8. The molecule has 0 bridgehead atoms. The number of carboxylic acid groups (broad SMARTS) is 1. The van der Waals surface area contributed by atoms with E-state index in [2.05, 4.69) is 45.1 Å². The van der Waals surface area contributed by atoms with Crippen LogP contribution in [0, 0.1) is 0 Å². The summed E-state index contributed by atoms with van der Waals surface area (Å²) in [5, 5.41) is 23.7. The first-order chi connectivity index (χ1) is 21.7. The van der Waals surface area contributed by atoms with E-state index in [0.717, 1.165) is 22.3 Å². The lowest BCUT2D eigenvalue weighted by molar-refractivity contribution is -0.141. The quantitative estimate of drug-likeness (QED) is 0.192. The van der Waals surface area contributed by atoms with Gasteiger partial charge in [0.05, 0.1) is 12.2 Å². The summed E-state index contributed by atoms with van der Waals surface area (Å²) < 4.78 is 18.4. The standard InChI is InChI=1S/C34H45N5O7/c1-33(2,3)45-20-27(37-32(43)46-34(4,5)6)29-38-36-21-39(29)28(30(40)41)17-11-12-18-35-31(42)44-19-26-24-15-9-7-13-22(24)23-14-8-10-16-25(23)26/h7-10,13-16,21,26-28H,11-12,17-20H2,1-6H3,(H,35,42)(H,37,43)(H,40,41). The monoisotopic (exact) mass is 635 g/mol. The fourth-order valence-corrected chi connectivity index (χ4v) is 5.39. The van der Waals surface area contributed by atoms with Gasteiger partial charge < -0.3 is 34.5 Å². The van der Waals surface area contributed by atoms with E-state index in [4.69, 9.17) is 14.2 Å². The summed E-state index contributed by atoms with van der Waals surface area (Å²) in [5.74, 6) is -0.868. The Morgan fingerprint density at radius 2 is 1.54 bits per heavy atom. The molecule has 12 heteroatoms. The number of hydrogen-bond acceptors (Lipinski definition) is 8. The molecule has 2 unspecified atom stereocenters. The van der Waals surface area contributed by atoms with Gasteiger partial charge in [0, 0.05) is 12.5 Å². The van der Waals surface area contributed by atoms with Gasteiger partial charge in [0.2, 0.25) is 0 Å². The maximum absolute atomic E-state index is 12.6. The second-order valence-corrected chi connectivity index (χ2v) is 13.3. The number of aliphatic carboxylic acids is 1. The largest absolute Gasteiger partial charge is 0.480 e. The Labute approximate surface area is 269 Å². The van der Waals surface area contributed by atoms with Crippen LogP contribution < -0.4 is 10.6 Å². The highest BCUT2D eigenvalue weighted by atomic mass is 16.6. The van der Waals surface area contributed by atoms with Crippen LogP contribution in [0.2, 0.25) is 0 Å². The van der Waals surface area contributed by atoms with Gasteiger partial charge >= 0.3 is 18.2 Å². The number of amides is 2. The second-order valence-electron chi connectivity index (χ2n) is 13.3. The highest BCUT2D eigenvalue weighted by Gasteiger charge is 2.31. The molecule has 46 heavy (non-hydrogen) atoms. The highest BCUT2D eigenvalue weighted by molar-refractivity contribution is 5.79. The van der Waals surface area contributed by atoms with E-state index in [1.807, 2.05) is 45.0 Å².